The summed E-state index contributed by atoms with van der Waals surface area (Å²) in [4.78, 5) is 12.0. The number of carbonyl (C=O) groups is 1. The molecule has 1 fully saturated rings. The standard InChI is InChI=1S/C13H17ClN2O2/c14-10-2-1-3-11(8-10)16-13(17)12(15)9-4-6-18-7-5-9/h1-3,8-9,12H,4-7,15H2,(H,16,17). The molecule has 0 aromatic heterocycles. The molecule has 3 N–H and O–H groups in total. The Balaban J connectivity index is 1.94. The zero-order chi connectivity index (χ0) is 13.0. The molecular formula is C13H17ClN2O2. The highest BCUT2D eigenvalue weighted by molar-refractivity contribution is 6.30. The molecule has 0 aliphatic carbocycles. The number of nitrogens with one attached hydrogen (secondary N) is 1. The topological polar surface area (TPSA) is 64.4 Å². The number of nitrogens with two attached hydrogens (primary N) is 1. The number of hydrogen-bond acceptors (Lipinski definition) is 3. The smallest absolute Gasteiger partial charge is 0.241 e. The van der Waals surface area contributed by atoms with Crippen molar-refractivity contribution in [1.82, 2.24) is 0 Å². The van der Waals surface area contributed by atoms with Crippen molar-refractivity contribution in [2.24, 2.45) is 11.7 Å². The summed E-state index contributed by atoms with van der Waals surface area (Å²) in [6.45, 7) is 1.37. The lowest BCUT2D eigenvalue weighted by Crippen LogP contribution is -2.43. The highest BCUT2D eigenvalue weighted by Gasteiger charge is 2.26. The van der Waals surface area contributed by atoms with Gasteiger partial charge in [0.25, 0.3) is 0 Å². The van der Waals surface area contributed by atoms with Crippen LogP contribution in [0, 0.1) is 5.92 Å². The van der Waals surface area contributed by atoms with E-state index in [0.29, 0.717) is 23.9 Å². The van der Waals surface area contributed by atoms with Gasteiger partial charge in [-0.3, -0.25) is 4.79 Å². The summed E-state index contributed by atoms with van der Waals surface area (Å²) in [5, 5.41) is 3.38. The second kappa shape index (κ2) is 6.18. The second-order valence-electron chi connectivity index (χ2n) is 4.48. The molecule has 0 spiro atoms. The number of anilines is 1. The molecule has 1 aromatic rings. The fraction of sp³-hybridized carbons (Fsp3) is 0.462. The lowest BCUT2D eigenvalue weighted by molar-refractivity contribution is -0.119. The number of hydrogen-bond donors (Lipinski definition) is 2. The second-order valence-corrected chi connectivity index (χ2v) is 4.91. The van der Waals surface area contributed by atoms with Gasteiger partial charge in [-0.05, 0) is 37.0 Å². The van der Waals surface area contributed by atoms with Crippen LogP contribution in [0.15, 0.2) is 24.3 Å². The molecule has 1 aromatic carbocycles. The van der Waals surface area contributed by atoms with Gasteiger partial charge in [-0.25, -0.2) is 0 Å². The van der Waals surface area contributed by atoms with Gasteiger partial charge in [-0.2, -0.15) is 0 Å². The molecule has 4 nitrogen and oxygen atoms in total. The normalized spacial score (nSPS) is 18.3. The molecular weight excluding hydrogens is 252 g/mol. The summed E-state index contributed by atoms with van der Waals surface area (Å²) < 4.78 is 5.26. The van der Waals surface area contributed by atoms with E-state index in [1.807, 2.05) is 0 Å². The Hall–Kier alpha value is -1.10. The van der Waals surface area contributed by atoms with Crippen molar-refractivity contribution in [1.29, 1.82) is 0 Å². The summed E-state index contributed by atoms with van der Waals surface area (Å²) >= 11 is 5.86. The molecule has 1 unspecified atom stereocenters. The summed E-state index contributed by atoms with van der Waals surface area (Å²) in [5.41, 5.74) is 6.65. The molecule has 0 saturated carbocycles. The van der Waals surface area contributed by atoms with E-state index < -0.39 is 6.04 Å². The van der Waals surface area contributed by atoms with Gasteiger partial charge in [0.15, 0.2) is 0 Å². The van der Waals surface area contributed by atoms with Gasteiger partial charge in [0.1, 0.15) is 0 Å². The van der Waals surface area contributed by atoms with E-state index in [0.717, 1.165) is 12.8 Å². The van der Waals surface area contributed by atoms with Crippen LogP contribution < -0.4 is 11.1 Å². The van der Waals surface area contributed by atoms with Crippen molar-refractivity contribution >= 4 is 23.2 Å². The minimum atomic E-state index is -0.493. The number of benzene rings is 1. The van der Waals surface area contributed by atoms with E-state index in [-0.39, 0.29) is 11.8 Å². The first-order valence-corrected chi connectivity index (χ1v) is 6.44. The number of ether oxygens (including phenoxy) is 1. The molecule has 1 heterocycles. The monoisotopic (exact) mass is 268 g/mol. The van der Waals surface area contributed by atoms with Crippen LogP contribution in [-0.2, 0) is 9.53 Å². The number of carbonyl (C=O) groups excluding carboxylic acids is 1. The first-order chi connectivity index (χ1) is 8.66. The molecule has 98 valence electrons. The fourth-order valence-corrected chi connectivity index (χ4v) is 2.27. The maximum atomic E-state index is 12.0. The van der Waals surface area contributed by atoms with Gasteiger partial charge < -0.3 is 15.8 Å². The zero-order valence-electron chi connectivity index (χ0n) is 10.1. The Bertz CT molecular complexity index is 419. The zero-order valence-corrected chi connectivity index (χ0v) is 10.8. The SMILES string of the molecule is NC(C(=O)Nc1cccc(Cl)c1)C1CCOCC1. The minimum Gasteiger partial charge on any atom is -0.381 e. The van der Waals surface area contributed by atoms with Crippen molar-refractivity contribution in [2.45, 2.75) is 18.9 Å². The van der Waals surface area contributed by atoms with Gasteiger partial charge in [-0.15, -0.1) is 0 Å². The highest BCUT2D eigenvalue weighted by Crippen LogP contribution is 2.20. The van der Waals surface area contributed by atoms with Crippen molar-refractivity contribution in [2.75, 3.05) is 18.5 Å². The maximum Gasteiger partial charge on any atom is 0.241 e. The van der Waals surface area contributed by atoms with Crippen LogP contribution >= 0.6 is 11.6 Å². The van der Waals surface area contributed by atoms with E-state index in [4.69, 9.17) is 22.1 Å². The third kappa shape index (κ3) is 3.45. The molecule has 5 heteroatoms. The molecule has 1 saturated heterocycles. The molecule has 1 amide bonds. The first-order valence-electron chi connectivity index (χ1n) is 6.06. The molecule has 1 aliphatic rings. The van der Waals surface area contributed by atoms with Crippen molar-refractivity contribution in [3.63, 3.8) is 0 Å². The van der Waals surface area contributed by atoms with Gasteiger partial charge in [0.2, 0.25) is 5.91 Å². The lowest BCUT2D eigenvalue weighted by atomic mass is 9.92. The van der Waals surface area contributed by atoms with Crippen LogP contribution in [0.1, 0.15) is 12.8 Å². The Morgan fingerprint density at radius 2 is 2.17 bits per heavy atom. The fourth-order valence-electron chi connectivity index (χ4n) is 2.08. The van der Waals surface area contributed by atoms with E-state index in [1.165, 1.54) is 0 Å². The van der Waals surface area contributed by atoms with E-state index in [9.17, 15) is 4.79 Å². The summed E-state index contributed by atoms with van der Waals surface area (Å²) in [6, 6.07) is 6.55. The van der Waals surface area contributed by atoms with Crippen LogP contribution in [0.25, 0.3) is 0 Å². The molecule has 0 bridgehead atoms. The Morgan fingerprint density at radius 3 is 2.83 bits per heavy atom. The van der Waals surface area contributed by atoms with Crippen LogP contribution in [0.4, 0.5) is 5.69 Å². The number of rotatable bonds is 3. The highest BCUT2D eigenvalue weighted by atomic mass is 35.5. The van der Waals surface area contributed by atoms with E-state index >= 15 is 0 Å². The summed E-state index contributed by atoms with van der Waals surface area (Å²) in [6.07, 6.45) is 1.67. The quantitative estimate of drug-likeness (QED) is 0.882. The molecule has 1 aliphatic heterocycles. The van der Waals surface area contributed by atoms with Gasteiger partial charge in [0.05, 0.1) is 6.04 Å². The third-order valence-corrected chi connectivity index (χ3v) is 3.40. The van der Waals surface area contributed by atoms with Crippen LogP contribution in [0.2, 0.25) is 5.02 Å². The molecule has 18 heavy (non-hydrogen) atoms. The Kier molecular flexibility index (Phi) is 4.58. The Labute approximate surface area is 111 Å². The molecule has 0 radical (unpaired) electrons. The number of amides is 1. The van der Waals surface area contributed by atoms with Crippen molar-refractivity contribution < 1.29 is 9.53 Å². The average Bonchev–Trinajstić information content (AvgIpc) is 2.39. The average molecular weight is 269 g/mol. The van der Waals surface area contributed by atoms with E-state index in [2.05, 4.69) is 5.32 Å². The van der Waals surface area contributed by atoms with Crippen molar-refractivity contribution in [3.05, 3.63) is 29.3 Å². The Morgan fingerprint density at radius 1 is 1.44 bits per heavy atom. The van der Waals surface area contributed by atoms with Crippen LogP contribution in [0.3, 0.4) is 0 Å². The molecule has 2 rings (SSSR count). The third-order valence-electron chi connectivity index (χ3n) is 3.17. The van der Waals surface area contributed by atoms with Crippen LogP contribution in [0.5, 0.6) is 0 Å². The summed E-state index contributed by atoms with van der Waals surface area (Å²) in [7, 11) is 0. The van der Waals surface area contributed by atoms with Gasteiger partial charge in [0, 0.05) is 23.9 Å². The summed E-state index contributed by atoms with van der Waals surface area (Å²) in [5.74, 6) is 0.0297. The first kappa shape index (κ1) is 13.3. The van der Waals surface area contributed by atoms with Gasteiger partial charge >= 0.3 is 0 Å². The lowest BCUT2D eigenvalue weighted by Gasteiger charge is -2.26. The molecule has 1 atom stereocenters. The predicted molar refractivity (Wildman–Crippen MR) is 71.6 cm³/mol. The maximum absolute atomic E-state index is 12.0. The van der Waals surface area contributed by atoms with Gasteiger partial charge in [-0.1, -0.05) is 17.7 Å². The van der Waals surface area contributed by atoms with Crippen molar-refractivity contribution in [3.8, 4) is 0 Å². The number of halogens is 1. The van der Waals surface area contributed by atoms with E-state index in [1.54, 1.807) is 24.3 Å². The van der Waals surface area contributed by atoms with Crippen LogP contribution in [-0.4, -0.2) is 25.2 Å². The minimum absolute atomic E-state index is 0.163. The predicted octanol–water partition coefficient (Wildman–Crippen LogP) is 2.03. The largest absolute Gasteiger partial charge is 0.381 e.